The highest BCUT2D eigenvalue weighted by atomic mass is 16.2. The maximum absolute atomic E-state index is 12.6. The molecule has 7 heteroatoms. The maximum atomic E-state index is 12.6. The molecule has 1 unspecified atom stereocenters. The molecule has 2 fully saturated rings. The second-order valence-corrected chi connectivity index (χ2v) is 6.10. The second-order valence-electron chi connectivity index (χ2n) is 6.10. The molecule has 0 aliphatic carbocycles. The lowest BCUT2D eigenvalue weighted by Crippen LogP contribution is -2.59. The fourth-order valence-electron chi connectivity index (χ4n) is 3.13. The van der Waals surface area contributed by atoms with Crippen molar-refractivity contribution in [2.75, 3.05) is 39.3 Å². The minimum absolute atomic E-state index is 0.0879. The molecule has 0 spiro atoms. The van der Waals surface area contributed by atoms with Crippen LogP contribution >= 0.6 is 0 Å². The molecule has 2 aliphatic rings. The van der Waals surface area contributed by atoms with Gasteiger partial charge < -0.3 is 9.80 Å². The van der Waals surface area contributed by atoms with Crippen molar-refractivity contribution in [1.29, 1.82) is 0 Å². The van der Waals surface area contributed by atoms with Gasteiger partial charge in [-0.3, -0.25) is 19.2 Å². The summed E-state index contributed by atoms with van der Waals surface area (Å²) in [5, 5.41) is 4.25. The largest absolute Gasteiger partial charge is 0.339 e. The summed E-state index contributed by atoms with van der Waals surface area (Å²) in [6.07, 6.45) is 3.75. The van der Waals surface area contributed by atoms with E-state index in [4.69, 9.17) is 0 Å². The monoisotopic (exact) mass is 305 g/mol. The Balaban J connectivity index is 1.48. The minimum Gasteiger partial charge on any atom is -0.339 e. The van der Waals surface area contributed by atoms with Crippen molar-refractivity contribution < 1.29 is 9.59 Å². The number of rotatable bonds is 3. The smallest absolute Gasteiger partial charge is 0.239 e. The van der Waals surface area contributed by atoms with E-state index >= 15 is 0 Å². The molecular formula is C15H23N5O2. The van der Waals surface area contributed by atoms with Gasteiger partial charge in [0.25, 0.3) is 0 Å². The van der Waals surface area contributed by atoms with Gasteiger partial charge in [0.15, 0.2) is 0 Å². The quantitative estimate of drug-likeness (QED) is 0.777. The molecule has 3 rings (SSSR count). The van der Waals surface area contributed by atoms with Gasteiger partial charge in [0, 0.05) is 58.6 Å². The van der Waals surface area contributed by atoms with E-state index in [1.165, 1.54) is 0 Å². The van der Waals surface area contributed by atoms with Crippen molar-refractivity contribution in [2.24, 2.45) is 0 Å². The molecule has 2 saturated heterocycles. The summed E-state index contributed by atoms with van der Waals surface area (Å²) in [7, 11) is 0. The Morgan fingerprint density at radius 1 is 1.14 bits per heavy atom. The number of hydrogen-bond acceptors (Lipinski definition) is 4. The fourth-order valence-corrected chi connectivity index (χ4v) is 3.13. The predicted molar refractivity (Wildman–Crippen MR) is 81.1 cm³/mol. The van der Waals surface area contributed by atoms with Gasteiger partial charge in [0.1, 0.15) is 0 Å². The number of piperazine rings is 1. The molecule has 0 radical (unpaired) electrons. The van der Waals surface area contributed by atoms with Gasteiger partial charge in [-0.05, 0) is 13.0 Å². The number of amides is 2. The van der Waals surface area contributed by atoms with Gasteiger partial charge in [0.2, 0.25) is 11.8 Å². The third kappa shape index (κ3) is 2.85. The molecule has 0 aromatic carbocycles. The topological polar surface area (TPSA) is 61.7 Å². The first-order valence-corrected chi connectivity index (χ1v) is 7.83. The van der Waals surface area contributed by atoms with E-state index < -0.39 is 0 Å². The first kappa shape index (κ1) is 15.0. The standard InChI is InChI=1S/C15H23N5O2/c1-12(19-10-14(11-19)20-5-3-4-16-20)15(22)18-8-6-17(7-9-18)13(2)21/h3-5,12,14H,6-11H2,1-2H3. The Bertz CT molecular complexity index is 530. The predicted octanol–water partition coefficient (Wildman–Crippen LogP) is -0.181. The number of aromatic nitrogens is 2. The van der Waals surface area contributed by atoms with E-state index in [0.717, 1.165) is 13.1 Å². The summed E-state index contributed by atoms with van der Waals surface area (Å²) in [5.74, 6) is 0.257. The van der Waals surface area contributed by atoms with E-state index in [1.807, 2.05) is 28.8 Å². The summed E-state index contributed by atoms with van der Waals surface area (Å²) in [5.41, 5.74) is 0. The van der Waals surface area contributed by atoms with Crippen LogP contribution in [0.25, 0.3) is 0 Å². The number of hydrogen-bond donors (Lipinski definition) is 0. The summed E-state index contributed by atoms with van der Waals surface area (Å²) < 4.78 is 1.96. The van der Waals surface area contributed by atoms with Crippen LogP contribution in [0.1, 0.15) is 19.9 Å². The lowest BCUT2D eigenvalue weighted by molar-refractivity contribution is -0.143. The molecule has 2 amide bonds. The van der Waals surface area contributed by atoms with E-state index in [0.29, 0.717) is 32.2 Å². The molecule has 0 bridgehead atoms. The summed E-state index contributed by atoms with van der Waals surface area (Å²) in [4.78, 5) is 29.8. The zero-order valence-electron chi connectivity index (χ0n) is 13.2. The van der Waals surface area contributed by atoms with Gasteiger partial charge in [-0.1, -0.05) is 0 Å². The Labute approximate surface area is 130 Å². The highest BCUT2D eigenvalue weighted by molar-refractivity contribution is 5.82. The van der Waals surface area contributed by atoms with E-state index in [1.54, 1.807) is 18.0 Å². The first-order chi connectivity index (χ1) is 10.6. The Hall–Kier alpha value is -1.89. The Kier molecular flexibility index (Phi) is 4.15. The normalized spacial score (nSPS) is 21.5. The molecular weight excluding hydrogens is 282 g/mol. The van der Waals surface area contributed by atoms with Gasteiger partial charge in [0.05, 0.1) is 12.1 Å². The Morgan fingerprint density at radius 2 is 1.77 bits per heavy atom. The Morgan fingerprint density at radius 3 is 2.32 bits per heavy atom. The molecule has 1 atom stereocenters. The van der Waals surface area contributed by atoms with Crippen molar-refractivity contribution in [2.45, 2.75) is 25.9 Å². The van der Waals surface area contributed by atoms with Crippen molar-refractivity contribution >= 4 is 11.8 Å². The maximum Gasteiger partial charge on any atom is 0.239 e. The molecule has 120 valence electrons. The lowest BCUT2D eigenvalue weighted by Gasteiger charge is -2.44. The number of nitrogens with zero attached hydrogens (tertiary/aromatic N) is 5. The van der Waals surface area contributed by atoms with Crippen LogP contribution < -0.4 is 0 Å². The SMILES string of the molecule is CC(=O)N1CCN(C(=O)C(C)N2CC(n3cccn3)C2)CC1. The van der Waals surface area contributed by atoms with Crippen LogP contribution in [0, 0.1) is 0 Å². The molecule has 1 aromatic rings. The molecule has 2 aliphatic heterocycles. The van der Waals surface area contributed by atoms with Crippen LogP contribution in [0.3, 0.4) is 0 Å². The average Bonchev–Trinajstić information content (AvgIpc) is 2.99. The zero-order valence-corrected chi connectivity index (χ0v) is 13.2. The third-order valence-electron chi connectivity index (χ3n) is 4.73. The fraction of sp³-hybridized carbons (Fsp3) is 0.667. The van der Waals surface area contributed by atoms with Crippen molar-refractivity contribution in [3.63, 3.8) is 0 Å². The van der Waals surface area contributed by atoms with Crippen LogP contribution in [0.5, 0.6) is 0 Å². The van der Waals surface area contributed by atoms with E-state index in [9.17, 15) is 9.59 Å². The minimum atomic E-state index is -0.101. The van der Waals surface area contributed by atoms with Crippen molar-refractivity contribution in [1.82, 2.24) is 24.5 Å². The van der Waals surface area contributed by atoms with Gasteiger partial charge in [-0.25, -0.2) is 0 Å². The van der Waals surface area contributed by atoms with Crippen molar-refractivity contribution in [3.05, 3.63) is 18.5 Å². The van der Waals surface area contributed by atoms with E-state index in [-0.39, 0.29) is 17.9 Å². The highest BCUT2D eigenvalue weighted by Gasteiger charge is 2.37. The van der Waals surface area contributed by atoms with Crippen LogP contribution in [-0.2, 0) is 9.59 Å². The molecule has 7 nitrogen and oxygen atoms in total. The number of carbonyl (C=O) groups is 2. The van der Waals surface area contributed by atoms with Crippen LogP contribution in [-0.4, -0.2) is 81.6 Å². The zero-order chi connectivity index (χ0) is 15.7. The average molecular weight is 305 g/mol. The lowest BCUT2D eigenvalue weighted by atomic mass is 10.1. The second kappa shape index (κ2) is 6.08. The van der Waals surface area contributed by atoms with Gasteiger partial charge >= 0.3 is 0 Å². The molecule has 0 saturated carbocycles. The molecule has 22 heavy (non-hydrogen) atoms. The summed E-state index contributed by atoms with van der Waals surface area (Å²) in [6.45, 7) is 7.84. The first-order valence-electron chi connectivity index (χ1n) is 7.83. The van der Waals surface area contributed by atoms with Gasteiger partial charge in [-0.15, -0.1) is 0 Å². The summed E-state index contributed by atoms with van der Waals surface area (Å²) >= 11 is 0. The number of likely N-dealkylation sites (tertiary alicyclic amines) is 1. The number of carbonyl (C=O) groups excluding carboxylic acids is 2. The van der Waals surface area contributed by atoms with Gasteiger partial charge in [-0.2, -0.15) is 5.10 Å². The van der Waals surface area contributed by atoms with Crippen LogP contribution in [0.2, 0.25) is 0 Å². The van der Waals surface area contributed by atoms with Crippen molar-refractivity contribution in [3.8, 4) is 0 Å². The van der Waals surface area contributed by atoms with Crippen LogP contribution in [0.15, 0.2) is 18.5 Å². The molecule has 0 N–H and O–H groups in total. The molecule has 1 aromatic heterocycles. The summed E-state index contributed by atoms with van der Waals surface area (Å²) in [6, 6.07) is 2.20. The van der Waals surface area contributed by atoms with E-state index in [2.05, 4.69) is 10.00 Å². The molecule has 3 heterocycles. The van der Waals surface area contributed by atoms with Crippen LogP contribution in [0.4, 0.5) is 0 Å². The highest BCUT2D eigenvalue weighted by Crippen LogP contribution is 2.23. The third-order valence-corrected chi connectivity index (χ3v) is 4.73.